The van der Waals surface area contributed by atoms with Gasteiger partial charge in [0.2, 0.25) is 11.8 Å². The van der Waals surface area contributed by atoms with Crippen molar-refractivity contribution in [1.82, 2.24) is 10.2 Å². The molecular formula is C26H35N3O2. The fourth-order valence-corrected chi connectivity index (χ4v) is 4.22. The van der Waals surface area contributed by atoms with Crippen LogP contribution in [0.25, 0.3) is 11.1 Å². The highest BCUT2D eigenvalue weighted by molar-refractivity contribution is 5.81. The molecule has 0 spiro atoms. The molecular weight excluding hydrogens is 386 g/mol. The van der Waals surface area contributed by atoms with Crippen LogP contribution in [-0.2, 0) is 16.0 Å². The molecule has 0 saturated carbocycles. The van der Waals surface area contributed by atoms with E-state index in [2.05, 4.69) is 29.6 Å². The van der Waals surface area contributed by atoms with E-state index >= 15 is 0 Å². The van der Waals surface area contributed by atoms with Crippen LogP contribution in [0, 0.1) is 0 Å². The molecule has 1 aliphatic rings. The summed E-state index contributed by atoms with van der Waals surface area (Å²) in [5.41, 5.74) is 8.84. The van der Waals surface area contributed by atoms with Gasteiger partial charge >= 0.3 is 0 Å². The van der Waals surface area contributed by atoms with Gasteiger partial charge in [-0.1, -0.05) is 61.0 Å². The molecule has 1 saturated heterocycles. The van der Waals surface area contributed by atoms with Gasteiger partial charge in [-0.05, 0) is 55.3 Å². The van der Waals surface area contributed by atoms with Crippen molar-refractivity contribution < 1.29 is 9.59 Å². The normalized spacial score (nSPS) is 16.2. The topological polar surface area (TPSA) is 75.4 Å². The van der Waals surface area contributed by atoms with Crippen LogP contribution in [0.4, 0.5) is 0 Å². The summed E-state index contributed by atoms with van der Waals surface area (Å²) in [6.45, 7) is 2.13. The molecule has 1 atom stereocenters. The first-order valence-electron chi connectivity index (χ1n) is 11.6. The zero-order chi connectivity index (χ0) is 21.9. The second kappa shape index (κ2) is 12.3. The largest absolute Gasteiger partial charge is 0.356 e. The predicted molar refractivity (Wildman–Crippen MR) is 125 cm³/mol. The Kier molecular flexibility index (Phi) is 9.10. The van der Waals surface area contributed by atoms with Crippen molar-refractivity contribution in [3.63, 3.8) is 0 Å². The molecule has 3 N–H and O–H groups in total. The molecule has 2 aromatic rings. The molecule has 0 bridgehead atoms. The minimum Gasteiger partial charge on any atom is -0.356 e. The van der Waals surface area contributed by atoms with Gasteiger partial charge in [-0.2, -0.15) is 0 Å². The third kappa shape index (κ3) is 7.21. The number of nitrogens with one attached hydrogen (secondary N) is 1. The maximum atomic E-state index is 13.0. The molecule has 1 unspecified atom stereocenters. The lowest BCUT2D eigenvalue weighted by Gasteiger charge is -2.35. The third-order valence-electron chi connectivity index (χ3n) is 5.99. The highest BCUT2D eigenvalue weighted by atomic mass is 16.2. The fourth-order valence-electron chi connectivity index (χ4n) is 4.22. The summed E-state index contributed by atoms with van der Waals surface area (Å²) < 4.78 is 0. The Balaban J connectivity index is 1.52. The second-order valence-corrected chi connectivity index (χ2v) is 8.38. The summed E-state index contributed by atoms with van der Waals surface area (Å²) in [5.74, 6) is 0.164. The molecule has 2 amide bonds. The van der Waals surface area contributed by atoms with Crippen molar-refractivity contribution in [2.45, 2.75) is 57.4 Å². The van der Waals surface area contributed by atoms with Crippen LogP contribution in [-0.4, -0.2) is 42.4 Å². The molecule has 3 rings (SSSR count). The number of nitrogens with two attached hydrogens (primary N) is 1. The first kappa shape index (κ1) is 23.0. The number of carbonyl (C=O) groups is 2. The smallest absolute Gasteiger partial charge is 0.227 e. The van der Waals surface area contributed by atoms with E-state index in [0.29, 0.717) is 25.9 Å². The molecule has 5 nitrogen and oxygen atoms in total. The lowest BCUT2D eigenvalue weighted by Crippen LogP contribution is -2.46. The molecule has 1 aliphatic heterocycles. The Morgan fingerprint density at radius 2 is 1.68 bits per heavy atom. The number of piperidine rings is 1. The third-order valence-corrected chi connectivity index (χ3v) is 5.99. The SMILES string of the molecule is NCCCCCNC(=O)CC1CCCCN1C(=O)Cc1ccc(-c2ccccc2)cc1. The Bertz CT molecular complexity index is 820. The van der Waals surface area contributed by atoms with Crippen LogP contribution in [0.5, 0.6) is 0 Å². The van der Waals surface area contributed by atoms with Crippen LogP contribution in [0.2, 0.25) is 0 Å². The number of benzene rings is 2. The van der Waals surface area contributed by atoms with E-state index in [0.717, 1.165) is 56.2 Å². The maximum Gasteiger partial charge on any atom is 0.227 e. The molecule has 1 fully saturated rings. The predicted octanol–water partition coefficient (Wildman–Crippen LogP) is 3.91. The molecule has 0 aromatic heterocycles. The van der Waals surface area contributed by atoms with Crippen molar-refractivity contribution >= 4 is 11.8 Å². The Labute approximate surface area is 186 Å². The Morgan fingerprint density at radius 3 is 2.42 bits per heavy atom. The summed E-state index contributed by atoms with van der Waals surface area (Å²) in [4.78, 5) is 27.3. The van der Waals surface area contributed by atoms with Crippen molar-refractivity contribution in [2.24, 2.45) is 5.73 Å². The van der Waals surface area contributed by atoms with E-state index in [-0.39, 0.29) is 17.9 Å². The van der Waals surface area contributed by atoms with Gasteiger partial charge in [-0.25, -0.2) is 0 Å². The van der Waals surface area contributed by atoms with Crippen molar-refractivity contribution in [1.29, 1.82) is 0 Å². The van der Waals surface area contributed by atoms with Gasteiger partial charge in [-0.15, -0.1) is 0 Å². The number of carbonyl (C=O) groups excluding carboxylic acids is 2. The molecule has 31 heavy (non-hydrogen) atoms. The molecule has 0 radical (unpaired) electrons. The highest BCUT2D eigenvalue weighted by Gasteiger charge is 2.28. The minimum absolute atomic E-state index is 0.00823. The van der Waals surface area contributed by atoms with Crippen LogP contribution in [0.3, 0.4) is 0 Å². The monoisotopic (exact) mass is 421 g/mol. The van der Waals surface area contributed by atoms with Crippen molar-refractivity contribution in [3.05, 3.63) is 60.2 Å². The average Bonchev–Trinajstić information content (AvgIpc) is 2.80. The standard InChI is InChI=1S/C26H35N3O2/c27-16-6-2-7-17-28-25(30)20-24-11-5-8-18-29(24)26(31)19-21-12-14-23(15-13-21)22-9-3-1-4-10-22/h1,3-4,9-10,12-15,24H,2,5-8,11,16-20,27H2,(H,28,30). The summed E-state index contributed by atoms with van der Waals surface area (Å²) in [6, 6.07) is 18.5. The first-order chi connectivity index (χ1) is 15.2. The number of unbranched alkanes of at least 4 members (excludes halogenated alkanes) is 2. The first-order valence-corrected chi connectivity index (χ1v) is 11.6. The zero-order valence-corrected chi connectivity index (χ0v) is 18.4. The van der Waals surface area contributed by atoms with Crippen molar-refractivity contribution in [2.75, 3.05) is 19.6 Å². The van der Waals surface area contributed by atoms with Gasteiger partial charge in [0, 0.05) is 25.6 Å². The Hall–Kier alpha value is -2.66. The maximum absolute atomic E-state index is 13.0. The fraction of sp³-hybridized carbons (Fsp3) is 0.462. The number of amides is 2. The zero-order valence-electron chi connectivity index (χ0n) is 18.4. The highest BCUT2D eigenvalue weighted by Crippen LogP contribution is 2.23. The molecule has 0 aliphatic carbocycles. The lowest BCUT2D eigenvalue weighted by atomic mass is 9.97. The van der Waals surface area contributed by atoms with Crippen LogP contribution < -0.4 is 11.1 Å². The minimum atomic E-state index is 0.00823. The number of nitrogens with zero attached hydrogens (tertiary/aromatic N) is 1. The number of likely N-dealkylation sites (tertiary alicyclic amines) is 1. The van der Waals surface area contributed by atoms with Gasteiger partial charge in [0.15, 0.2) is 0 Å². The number of rotatable bonds is 10. The van der Waals surface area contributed by atoms with E-state index in [1.54, 1.807) is 0 Å². The van der Waals surface area contributed by atoms with Gasteiger partial charge in [0.05, 0.1) is 6.42 Å². The Morgan fingerprint density at radius 1 is 0.935 bits per heavy atom. The van der Waals surface area contributed by atoms with Gasteiger partial charge in [0.25, 0.3) is 0 Å². The van der Waals surface area contributed by atoms with Crippen molar-refractivity contribution in [3.8, 4) is 11.1 Å². The summed E-state index contributed by atoms with van der Waals surface area (Å²) >= 11 is 0. The van der Waals surface area contributed by atoms with E-state index in [4.69, 9.17) is 5.73 Å². The second-order valence-electron chi connectivity index (χ2n) is 8.38. The molecule has 1 heterocycles. The van der Waals surface area contributed by atoms with E-state index in [1.807, 2.05) is 35.2 Å². The summed E-state index contributed by atoms with van der Waals surface area (Å²) in [6.07, 6.45) is 6.75. The number of hydrogen-bond donors (Lipinski definition) is 2. The van der Waals surface area contributed by atoms with Crippen LogP contribution in [0.15, 0.2) is 54.6 Å². The van der Waals surface area contributed by atoms with E-state index in [1.165, 1.54) is 5.56 Å². The van der Waals surface area contributed by atoms with Gasteiger partial charge < -0.3 is 16.0 Å². The van der Waals surface area contributed by atoms with Gasteiger partial charge in [0.1, 0.15) is 0 Å². The molecule has 5 heteroatoms. The van der Waals surface area contributed by atoms with E-state index in [9.17, 15) is 9.59 Å². The lowest BCUT2D eigenvalue weighted by molar-refractivity contribution is -0.135. The van der Waals surface area contributed by atoms with Gasteiger partial charge in [-0.3, -0.25) is 9.59 Å². The summed E-state index contributed by atoms with van der Waals surface area (Å²) in [5, 5.41) is 3.00. The van der Waals surface area contributed by atoms with E-state index < -0.39 is 0 Å². The quantitative estimate of drug-likeness (QED) is 0.571. The number of hydrogen-bond acceptors (Lipinski definition) is 3. The average molecular weight is 422 g/mol. The molecule has 166 valence electrons. The molecule has 2 aromatic carbocycles. The van der Waals surface area contributed by atoms with Crippen LogP contribution >= 0.6 is 0 Å². The van der Waals surface area contributed by atoms with Crippen LogP contribution in [0.1, 0.15) is 50.5 Å². The summed E-state index contributed by atoms with van der Waals surface area (Å²) in [7, 11) is 0.